The normalized spacial score (nSPS) is 18.7. The molecular formula is C16H21NO3. The minimum absolute atomic E-state index is 0.0331. The van der Waals surface area contributed by atoms with Gasteiger partial charge in [0.1, 0.15) is 5.75 Å². The van der Waals surface area contributed by atoms with Gasteiger partial charge in [-0.3, -0.25) is 4.79 Å². The highest BCUT2D eigenvalue weighted by Crippen LogP contribution is 2.21. The van der Waals surface area contributed by atoms with Crippen molar-refractivity contribution in [3.05, 3.63) is 35.9 Å². The summed E-state index contributed by atoms with van der Waals surface area (Å²) in [5, 5.41) is 9.25. The summed E-state index contributed by atoms with van der Waals surface area (Å²) in [6, 6.07) is 7.60. The second-order valence-electron chi connectivity index (χ2n) is 4.81. The van der Waals surface area contributed by atoms with E-state index in [0.29, 0.717) is 6.61 Å². The van der Waals surface area contributed by atoms with Crippen LogP contribution < -0.4 is 4.74 Å². The Morgan fingerprint density at radius 3 is 3.05 bits per heavy atom. The van der Waals surface area contributed by atoms with Crippen LogP contribution in [0, 0.1) is 0 Å². The number of ether oxygens (including phenoxy) is 1. The first kappa shape index (κ1) is 14.6. The molecule has 0 radical (unpaired) electrons. The average Bonchev–Trinajstić information content (AvgIpc) is 2.95. The van der Waals surface area contributed by atoms with Crippen molar-refractivity contribution in [2.75, 3.05) is 19.8 Å². The van der Waals surface area contributed by atoms with E-state index in [1.165, 1.54) is 0 Å². The van der Waals surface area contributed by atoms with Gasteiger partial charge in [-0.15, -0.1) is 0 Å². The van der Waals surface area contributed by atoms with Gasteiger partial charge in [-0.25, -0.2) is 0 Å². The third-order valence-corrected chi connectivity index (χ3v) is 3.50. The summed E-state index contributed by atoms with van der Waals surface area (Å²) < 4.78 is 5.52. The topological polar surface area (TPSA) is 49.8 Å². The van der Waals surface area contributed by atoms with E-state index in [2.05, 4.69) is 0 Å². The molecule has 1 aliphatic rings. The summed E-state index contributed by atoms with van der Waals surface area (Å²) in [5.41, 5.74) is 0.891. The van der Waals surface area contributed by atoms with Crippen LogP contribution in [0.1, 0.15) is 25.3 Å². The maximum atomic E-state index is 12.1. The molecule has 1 aromatic rings. The molecule has 2 rings (SSSR count). The molecule has 20 heavy (non-hydrogen) atoms. The van der Waals surface area contributed by atoms with Gasteiger partial charge in [-0.1, -0.05) is 18.2 Å². The van der Waals surface area contributed by atoms with Crippen LogP contribution in [0.3, 0.4) is 0 Å². The van der Waals surface area contributed by atoms with Crippen molar-refractivity contribution in [2.24, 2.45) is 0 Å². The third-order valence-electron chi connectivity index (χ3n) is 3.50. The Morgan fingerprint density at radius 1 is 1.50 bits per heavy atom. The van der Waals surface area contributed by atoms with Crippen molar-refractivity contribution in [1.82, 2.24) is 4.90 Å². The number of benzene rings is 1. The molecule has 0 unspecified atom stereocenters. The minimum Gasteiger partial charge on any atom is -0.493 e. The quantitative estimate of drug-likeness (QED) is 0.837. The van der Waals surface area contributed by atoms with E-state index in [4.69, 9.17) is 4.74 Å². The maximum Gasteiger partial charge on any atom is 0.246 e. The number of amides is 1. The molecule has 0 aromatic heterocycles. The molecule has 108 valence electrons. The first-order valence-electron chi connectivity index (χ1n) is 7.07. The third kappa shape index (κ3) is 3.39. The van der Waals surface area contributed by atoms with Gasteiger partial charge in [0.15, 0.2) is 0 Å². The second kappa shape index (κ2) is 7.10. The number of aliphatic hydroxyl groups excluding tert-OH is 1. The predicted octanol–water partition coefficient (Wildman–Crippen LogP) is 2.08. The van der Waals surface area contributed by atoms with Gasteiger partial charge in [0.2, 0.25) is 5.91 Å². The van der Waals surface area contributed by atoms with E-state index in [-0.39, 0.29) is 18.6 Å². The molecule has 0 saturated carbocycles. The van der Waals surface area contributed by atoms with Gasteiger partial charge in [0, 0.05) is 18.2 Å². The number of hydrogen-bond donors (Lipinski definition) is 1. The standard InChI is InChI=1S/C16H21NO3/c1-2-20-15-8-4-3-6-13(15)9-10-16(19)17-11-5-7-14(17)12-18/h3-4,6,8-10,14,18H,2,5,7,11-12H2,1H3/t14-/m0/s1. The van der Waals surface area contributed by atoms with Crippen molar-refractivity contribution >= 4 is 12.0 Å². The molecule has 1 aromatic carbocycles. The molecular weight excluding hydrogens is 254 g/mol. The molecule has 4 heteroatoms. The molecule has 0 aliphatic carbocycles. The lowest BCUT2D eigenvalue weighted by Gasteiger charge is -2.21. The summed E-state index contributed by atoms with van der Waals surface area (Å²) >= 11 is 0. The average molecular weight is 275 g/mol. The molecule has 4 nitrogen and oxygen atoms in total. The minimum atomic E-state index is -0.0483. The molecule has 1 heterocycles. The van der Waals surface area contributed by atoms with Gasteiger partial charge in [0.05, 0.1) is 19.3 Å². The molecule has 1 amide bonds. The van der Waals surface area contributed by atoms with E-state index in [1.54, 1.807) is 17.1 Å². The Labute approximate surface area is 119 Å². The fourth-order valence-electron chi connectivity index (χ4n) is 2.48. The Kier molecular flexibility index (Phi) is 5.18. The van der Waals surface area contributed by atoms with Crippen molar-refractivity contribution in [3.63, 3.8) is 0 Å². The molecule has 1 aliphatic heterocycles. The molecule has 1 N–H and O–H groups in total. The zero-order valence-electron chi connectivity index (χ0n) is 11.8. The van der Waals surface area contributed by atoms with Crippen LogP contribution in [0.2, 0.25) is 0 Å². The van der Waals surface area contributed by atoms with Crippen LogP contribution in [0.15, 0.2) is 30.3 Å². The largest absolute Gasteiger partial charge is 0.493 e. The Bertz CT molecular complexity index is 484. The maximum absolute atomic E-state index is 12.1. The van der Waals surface area contributed by atoms with E-state index in [9.17, 15) is 9.90 Å². The predicted molar refractivity (Wildman–Crippen MR) is 78.5 cm³/mol. The SMILES string of the molecule is CCOc1ccccc1C=CC(=O)N1CCC[C@H]1CO. The zero-order valence-corrected chi connectivity index (χ0v) is 11.8. The van der Waals surface area contributed by atoms with Crippen molar-refractivity contribution < 1.29 is 14.6 Å². The van der Waals surface area contributed by atoms with Gasteiger partial charge < -0.3 is 14.7 Å². The number of likely N-dealkylation sites (tertiary alicyclic amines) is 1. The molecule has 1 atom stereocenters. The van der Waals surface area contributed by atoms with Crippen LogP contribution in [0.5, 0.6) is 5.75 Å². The molecule has 1 saturated heterocycles. The van der Waals surface area contributed by atoms with Crippen molar-refractivity contribution in [3.8, 4) is 5.75 Å². The number of carbonyl (C=O) groups is 1. The van der Waals surface area contributed by atoms with Crippen LogP contribution in [0.25, 0.3) is 6.08 Å². The highest BCUT2D eigenvalue weighted by molar-refractivity contribution is 5.92. The molecule has 0 bridgehead atoms. The van der Waals surface area contributed by atoms with Crippen molar-refractivity contribution in [2.45, 2.75) is 25.8 Å². The molecule has 0 spiro atoms. The van der Waals surface area contributed by atoms with E-state index in [1.807, 2.05) is 31.2 Å². The molecule has 1 fully saturated rings. The zero-order chi connectivity index (χ0) is 14.4. The first-order valence-corrected chi connectivity index (χ1v) is 7.07. The summed E-state index contributed by atoms with van der Waals surface area (Å²) in [6.45, 7) is 3.29. The second-order valence-corrected chi connectivity index (χ2v) is 4.81. The monoisotopic (exact) mass is 275 g/mol. The van der Waals surface area contributed by atoms with Crippen LogP contribution >= 0.6 is 0 Å². The number of rotatable bonds is 5. The summed E-state index contributed by atoms with van der Waals surface area (Å²) in [7, 11) is 0. The van der Waals surface area contributed by atoms with Crippen LogP contribution in [-0.4, -0.2) is 41.7 Å². The van der Waals surface area contributed by atoms with E-state index in [0.717, 1.165) is 30.7 Å². The fraction of sp³-hybridized carbons (Fsp3) is 0.438. The summed E-state index contributed by atoms with van der Waals surface area (Å²) in [5.74, 6) is 0.729. The highest BCUT2D eigenvalue weighted by atomic mass is 16.5. The summed E-state index contributed by atoms with van der Waals surface area (Å²) in [4.78, 5) is 13.9. The number of para-hydroxylation sites is 1. The Morgan fingerprint density at radius 2 is 2.30 bits per heavy atom. The van der Waals surface area contributed by atoms with Gasteiger partial charge in [-0.2, -0.15) is 0 Å². The van der Waals surface area contributed by atoms with Gasteiger partial charge >= 0.3 is 0 Å². The van der Waals surface area contributed by atoms with Crippen molar-refractivity contribution in [1.29, 1.82) is 0 Å². The first-order chi connectivity index (χ1) is 9.76. The van der Waals surface area contributed by atoms with Gasteiger partial charge in [0.25, 0.3) is 0 Å². The lowest BCUT2D eigenvalue weighted by atomic mass is 10.2. The number of nitrogens with zero attached hydrogens (tertiary/aromatic N) is 1. The van der Waals surface area contributed by atoms with Gasteiger partial charge in [-0.05, 0) is 31.9 Å². The highest BCUT2D eigenvalue weighted by Gasteiger charge is 2.26. The number of hydrogen-bond acceptors (Lipinski definition) is 3. The smallest absolute Gasteiger partial charge is 0.246 e. The lowest BCUT2D eigenvalue weighted by Crippen LogP contribution is -2.36. The number of carbonyl (C=O) groups excluding carboxylic acids is 1. The van der Waals surface area contributed by atoms with E-state index < -0.39 is 0 Å². The number of aliphatic hydroxyl groups is 1. The lowest BCUT2D eigenvalue weighted by molar-refractivity contribution is -0.127. The summed E-state index contributed by atoms with van der Waals surface area (Å²) in [6.07, 6.45) is 5.18. The van der Waals surface area contributed by atoms with Crippen LogP contribution in [-0.2, 0) is 4.79 Å². The Balaban J connectivity index is 2.07. The van der Waals surface area contributed by atoms with Crippen LogP contribution in [0.4, 0.5) is 0 Å². The fourth-order valence-corrected chi connectivity index (χ4v) is 2.48. The Hall–Kier alpha value is -1.81. The van der Waals surface area contributed by atoms with E-state index >= 15 is 0 Å².